The molecule has 0 radical (unpaired) electrons. The molecule has 2 nitrogen and oxygen atoms in total. The Kier molecular flexibility index (Phi) is 5.15. The average molecular weight is 252 g/mol. The van der Waals surface area contributed by atoms with Crippen LogP contribution in [0.15, 0.2) is 12.2 Å². The van der Waals surface area contributed by atoms with Gasteiger partial charge in [0.25, 0.3) is 0 Å². The van der Waals surface area contributed by atoms with E-state index < -0.39 is 5.60 Å². The molecule has 1 fully saturated rings. The molecule has 2 heteroatoms. The van der Waals surface area contributed by atoms with Gasteiger partial charge in [-0.15, -0.1) is 6.58 Å². The van der Waals surface area contributed by atoms with E-state index in [4.69, 9.17) is 4.74 Å². The molecule has 0 aliphatic heterocycles. The van der Waals surface area contributed by atoms with E-state index in [1.165, 1.54) is 0 Å². The van der Waals surface area contributed by atoms with Gasteiger partial charge >= 0.3 is 0 Å². The average Bonchev–Trinajstić information content (AvgIpc) is 2.29. The number of rotatable bonds is 6. The van der Waals surface area contributed by atoms with Gasteiger partial charge < -0.3 is 4.74 Å². The summed E-state index contributed by atoms with van der Waals surface area (Å²) < 4.78 is 5.88. The van der Waals surface area contributed by atoms with Crippen LogP contribution >= 0.6 is 0 Å². The lowest BCUT2D eigenvalue weighted by molar-refractivity contribution is -0.152. The first-order chi connectivity index (χ1) is 8.31. The fourth-order valence-corrected chi connectivity index (χ4v) is 2.67. The van der Waals surface area contributed by atoms with Gasteiger partial charge in [-0.05, 0) is 51.4 Å². The molecule has 104 valence electrons. The fraction of sp³-hybridized carbons (Fsp3) is 0.812. The Morgan fingerprint density at radius 2 is 1.72 bits per heavy atom. The molecule has 0 bridgehead atoms. The van der Waals surface area contributed by atoms with Gasteiger partial charge in [0.2, 0.25) is 0 Å². The number of ether oxygens (including phenoxy) is 1. The lowest BCUT2D eigenvalue weighted by atomic mass is 9.69. The van der Waals surface area contributed by atoms with Gasteiger partial charge in [-0.3, -0.25) is 4.79 Å². The SMILES string of the molecule is C=C(C)CCC(=O)C1(OCC)CCC(C)(C)CC1. The van der Waals surface area contributed by atoms with Crippen LogP contribution in [-0.2, 0) is 9.53 Å². The molecule has 0 spiro atoms. The second-order valence-corrected chi connectivity index (χ2v) is 6.47. The molecule has 1 rings (SSSR count). The third-order valence-electron chi connectivity index (χ3n) is 4.12. The first-order valence-corrected chi connectivity index (χ1v) is 7.13. The highest BCUT2D eigenvalue weighted by molar-refractivity contribution is 5.87. The van der Waals surface area contributed by atoms with Gasteiger partial charge in [0, 0.05) is 13.0 Å². The predicted octanol–water partition coefficient (Wildman–Crippen LogP) is 4.29. The van der Waals surface area contributed by atoms with E-state index in [0.717, 1.165) is 37.7 Å². The normalized spacial score (nSPS) is 21.6. The van der Waals surface area contributed by atoms with Crippen molar-refractivity contribution in [3.8, 4) is 0 Å². The van der Waals surface area contributed by atoms with E-state index >= 15 is 0 Å². The molecule has 0 amide bonds. The number of hydrogen-bond donors (Lipinski definition) is 0. The van der Waals surface area contributed by atoms with Crippen molar-refractivity contribution in [3.63, 3.8) is 0 Å². The molecule has 18 heavy (non-hydrogen) atoms. The zero-order chi connectivity index (χ0) is 13.8. The smallest absolute Gasteiger partial charge is 0.164 e. The molecule has 0 heterocycles. The van der Waals surface area contributed by atoms with Crippen molar-refractivity contribution >= 4 is 5.78 Å². The summed E-state index contributed by atoms with van der Waals surface area (Å²) in [6.07, 6.45) is 5.27. The summed E-state index contributed by atoms with van der Waals surface area (Å²) in [5.41, 5.74) is 0.931. The molecule has 0 atom stereocenters. The Labute approximate surface area is 112 Å². The van der Waals surface area contributed by atoms with Gasteiger partial charge in [0.15, 0.2) is 5.78 Å². The van der Waals surface area contributed by atoms with Crippen molar-refractivity contribution in [2.24, 2.45) is 5.41 Å². The molecule has 1 saturated carbocycles. The monoisotopic (exact) mass is 252 g/mol. The van der Waals surface area contributed by atoms with Crippen molar-refractivity contribution in [2.75, 3.05) is 6.61 Å². The van der Waals surface area contributed by atoms with Crippen LogP contribution < -0.4 is 0 Å². The fourth-order valence-electron chi connectivity index (χ4n) is 2.67. The van der Waals surface area contributed by atoms with Crippen molar-refractivity contribution < 1.29 is 9.53 Å². The first kappa shape index (κ1) is 15.4. The molecule has 0 aromatic carbocycles. The third-order valence-corrected chi connectivity index (χ3v) is 4.12. The van der Waals surface area contributed by atoms with E-state index in [9.17, 15) is 4.79 Å². The van der Waals surface area contributed by atoms with E-state index in [1.807, 2.05) is 13.8 Å². The van der Waals surface area contributed by atoms with Crippen LogP contribution in [-0.4, -0.2) is 18.0 Å². The molecular weight excluding hydrogens is 224 g/mol. The molecule has 0 aromatic heterocycles. The minimum absolute atomic E-state index is 0.280. The predicted molar refractivity (Wildman–Crippen MR) is 75.7 cm³/mol. The highest BCUT2D eigenvalue weighted by atomic mass is 16.5. The van der Waals surface area contributed by atoms with Crippen LogP contribution in [0.4, 0.5) is 0 Å². The maximum absolute atomic E-state index is 12.5. The summed E-state index contributed by atoms with van der Waals surface area (Å²) in [6.45, 7) is 13.0. The summed E-state index contributed by atoms with van der Waals surface area (Å²) in [5, 5.41) is 0. The molecule has 0 aromatic rings. The Balaban J connectivity index is 2.69. The maximum Gasteiger partial charge on any atom is 0.164 e. The zero-order valence-corrected chi connectivity index (χ0v) is 12.5. The minimum Gasteiger partial charge on any atom is -0.368 e. The lowest BCUT2D eigenvalue weighted by Gasteiger charge is -2.42. The van der Waals surface area contributed by atoms with Crippen molar-refractivity contribution in [3.05, 3.63) is 12.2 Å². The van der Waals surface area contributed by atoms with E-state index in [2.05, 4.69) is 20.4 Å². The van der Waals surface area contributed by atoms with Gasteiger partial charge in [-0.1, -0.05) is 19.4 Å². The second-order valence-electron chi connectivity index (χ2n) is 6.47. The molecule has 0 unspecified atom stereocenters. The summed E-state index contributed by atoms with van der Waals surface area (Å²) in [4.78, 5) is 12.5. The third kappa shape index (κ3) is 3.94. The van der Waals surface area contributed by atoms with Crippen LogP contribution in [0.25, 0.3) is 0 Å². The van der Waals surface area contributed by atoms with E-state index in [-0.39, 0.29) is 5.78 Å². The Morgan fingerprint density at radius 1 is 1.17 bits per heavy atom. The number of carbonyl (C=O) groups is 1. The molecule has 1 aliphatic carbocycles. The van der Waals surface area contributed by atoms with Crippen molar-refractivity contribution in [1.29, 1.82) is 0 Å². The van der Waals surface area contributed by atoms with E-state index in [0.29, 0.717) is 18.4 Å². The minimum atomic E-state index is -0.500. The topological polar surface area (TPSA) is 26.3 Å². The van der Waals surface area contributed by atoms with Crippen molar-refractivity contribution in [1.82, 2.24) is 0 Å². The summed E-state index contributed by atoms with van der Waals surface area (Å²) in [6, 6.07) is 0. The number of ketones is 1. The van der Waals surface area contributed by atoms with Crippen LogP contribution in [0.1, 0.15) is 66.2 Å². The Bertz CT molecular complexity index is 305. The number of allylic oxidation sites excluding steroid dienone is 1. The Hall–Kier alpha value is -0.630. The number of Topliss-reactive ketones (excluding diaryl/α,β-unsaturated/α-hetero) is 1. The summed E-state index contributed by atoms with van der Waals surface area (Å²) in [7, 11) is 0. The Morgan fingerprint density at radius 3 is 2.17 bits per heavy atom. The van der Waals surface area contributed by atoms with Crippen LogP contribution in [0, 0.1) is 5.41 Å². The number of carbonyl (C=O) groups excluding carboxylic acids is 1. The molecule has 0 N–H and O–H groups in total. The molecule has 1 aliphatic rings. The van der Waals surface area contributed by atoms with Gasteiger partial charge in [-0.25, -0.2) is 0 Å². The van der Waals surface area contributed by atoms with Gasteiger partial charge in [-0.2, -0.15) is 0 Å². The van der Waals surface area contributed by atoms with Gasteiger partial charge in [0.05, 0.1) is 0 Å². The van der Waals surface area contributed by atoms with E-state index in [1.54, 1.807) is 0 Å². The zero-order valence-electron chi connectivity index (χ0n) is 12.5. The highest BCUT2D eigenvalue weighted by Crippen LogP contribution is 2.43. The highest BCUT2D eigenvalue weighted by Gasteiger charge is 2.43. The lowest BCUT2D eigenvalue weighted by Crippen LogP contribution is -2.46. The maximum atomic E-state index is 12.5. The van der Waals surface area contributed by atoms with Gasteiger partial charge in [0.1, 0.15) is 5.60 Å². The largest absolute Gasteiger partial charge is 0.368 e. The van der Waals surface area contributed by atoms with Crippen LogP contribution in [0.2, 0.25) is 0 Å². The summed E-state index contributed by atoms with van der Waals surface area (Å²) >= 11 is 0. The molecular formula is C16H28O2. The molecule has 0 saturated heterocycles. The summed E-state index contributed by atoms with van der Waals surface area (Å²) in [5.74, 6) is 0.280. The van der Waals surface area contributed by atoms with Crippen molar-refractivity contribution in [2.45, 2.75) is 71.8 Å². The second kappa shape index (κ2) is 6.01. The standard InChI is InChI=1S/C16H28O2/c1-6-18-16(14(17)8-7-13(2)3)11-9-15(4,5)10-12-16/h2,6-12H2,1,3-5H3. The first-order valence-electron chi connectivity index (χ1n) is 7.13. The number of hydrogen-bond acceptors (Lipinski definition) is 2. The van der Waals surface area contributed by atoms with Crippen LogP contribution in [0.3, 0.4) is 0 Å². The quantitative estimate of drug-likeness (QED) is 0.659. The van der Waals surface area contributed by atoms with Crippen LogP contribution in [0.5, 0.6) is 0 Å².